The Kier molecular flexibility index (Phi) is 6.75. The van der Waals surface area contributed by atoms with Crippen molar-refractivity contribution in [2.45, 2.75) is 64.2 Å². The monoisotopic (exact) mass is 284 g/mol. The van der Waals surface area contributed by atoms with Gasteiger partial charge in [-0.2, -0.15) is 0 Å². The van der Waals surface area contributed by atoms with Gasteiger partial charge in [-0.05, 0) is 26.7 Å². The van der Waals surface area contributed by atoms with Crippen LogP contribution in [0, 0.1) is 0 Å². The van der Waals surface area contributed by atoms with E-state index in [1.165, 1.54) is 45.2 Å². The van der Waals surface area contributed by atoms with E-state index in [0.717, 1.165) is 32.7 Å². The Bertz CT molecular complexity index is 253. The molecule has 1 saturated carbocycles. The van der Waals surface area contributed by atoms with Crippen LogP contribution in [-0.4, -0.2) is 56.1 Å². The van der Waals surface area contributed by atoms with Crippen molar-refractivity contribution in [1.82, 2.24) is 10.2 Å². The van der Waals surface area contributed by atoms with Crippen LogP contribution in [0.2, 0.25) is 0 Å². The summed E-state index contributed by atoms with van der Waals surface area (Å²) in [6.45, 7) is 10.1. The molecule has 1 aliphatic heterocycles. The maximum Gasteiger partial charge on any atom is 0.158 e. The van der Waals surface area contributed by atoms with E-state index in [1.54, 1.807) is 0 Å². The summed E-state index contributed by atoms with van der Waals surface area (Å²) in [4.78, 5) is 2.72. The van der Waals surface area contributed by atoms with Crippen molar-refractivity contribution in [2.75, 3.05) is 39.4 Å². The molecule has 1 saturated heterocycles. The summed E-state index contributed by atoms with van der Waals surface area (Å²) in [6.07, 6.45) is 7.86. The largest absolute Gasteiger partial charge is 0.353 e. The summed E-state index contributed by atoms with van der Waals surface area (Å²) >= 11 is 0. The molecule has 20 heavy (non-hydrogen) atoms. The van der Waals surface area contributed by atoms with E-state index in [0.29, 0.717) is 5.54 Å². The molecule has 0 aromatic heterocycles. The third-order valence-electron chi connectivity index (χ3n) is 4.81. The first-order chi connectivity index (χ1) is 9.80. The highest BCUT2D eigenvalue weighted by atomic mass is 16.7. The summed E-state index contributed by atoms with van der Waals surface area (Å²) in [5.74, 6) is 0. The second-order valence-corrected chi connectivity index (χ2v) is 6.08. The summed E-state index contributed by atoms with van der Waals surface area (Å²) in [5.41, 5.74) is 0.416. The van der Waals surface area contributed by atoms with Crippen LogP contribution < -0.4 is 5.32 Å². The second-order valence-electron chi connectivity index (χ2n) is 6.08. The van der Waals surface area contributed by atoms with Gasteiger partial charge in [0.1, 0.15) is 0 Å². The van der Waals surface area contributed by atoms with Gasteiger partial charge >= 0.3 is 0 Å². The van der Waals surface area contributed by atoms with Gasteiger partial charge in [-0.15, -0.1) is 0 Å². The van der Waals surface area contributed by atoms with E-state index in [4.69, 9.17) is 9.47 Å². The highest BCUT2D eigenvalue weighted by Gasteiger charge is 2.39. The molecule has 2 rings (SSSR count). The van der Waals surface area contributed by atoms with Gasteiger partial charge in [-0.25, -0.2) is 0 Å². The number of nitrogens with zero attached hydrogens (tertiary/aromatic N) is 1. The van der Waals surface area contributed by atoms with Gasteiger partial charge in [0, 0.05) is 51.4 Å². The van der Waals surface area contributed by atoms with Crippen molar-refractivity contribution < 1.29 is 9.47 Å². The van der Waals surface area contributed by atoms with E-state index in [9.17, 15) is 0 Å². The van der Waals surface area contributed by atoms with E-state index >= 15 is 0 Å². The molecule has 0 amide bonds. The van der Waals surface area contributed by atoms with Gasteiger partial charge < -0.3 is 14.8 Å². The molecule has 0 atom stereocenters. The third kappa shape index (κ3) is 4.17. The summed E-state index contributed by atoms with van der Waals surface area (Å²) in [7, 11) is 0. The summed E-state index contributed by atoms with van der Waals surface area (Å²) in [6, 6.07) is 0. The molecular weight excluding hydrogens is 252 g/mol. The van der Waals surface area contributed by atoms with E-state index in [-0.39, 0.29) is 6.29 Å². The first-order valence-electron chi connectivity index (χ1n) is 8.50. The number of piperazine rings is 1. The number of hydrogen-bond donors (Lipinski definition) is 1. The Balaban J connectivity index is 1.87. The van der Waals surface area contributed by atoms with Crippen LogP contribution >= 0.6 is 0 Å². The van der Waals surface area contributed by atoms with Crippen LogP contribution in [0.3, 0.4) is 0 Å². The zero-order valence-electron chi connectivity index (χ0n) is 13.3. The minimum Gasteiger partial charge on any atom is -0.353 e. The lowest BCUT2D eigenvalue weighted by Crippen LogP contribution is -2.62. The lowest BCUT2D eigenvalue weighted by atomic mass is 9.79. The van der Waals surface area contributed by atoms with Gasteiger partial charge in [0.25, 0.3) is 0 Å². The molecule has 2 aliphatic rings. The second kappa shape index (κ2) is 8.32. The van der Waals surface area contributed by atoms with Crippen LogP contribution in [-0.2, 0) is 9.47 Å². The van der Waals surface area contributed by atoms with Gasteiger partial charge in [0.05, 0.1) is 0 Å². The number of hydrogen-bond acceptors (Lipinski definition) is 4. The number of rotatable bonds is 7. The molecule has 118 valence electrons. The van der Waals surface area contributed by atoms with Crippen molar-refractivity contribution >= 4 is 0 Å². The van der Waals surface area contributed by atoms with Crippen molar-refractivity contribution in [2.24, 2.45) is 0 Å². The van der Waals surface area contributed by atoms with E-state index in [2.05, 4.69) is 10.2 Å². The summed E-state index contributed by atoms with van der Waals surface area (Å²) < 4.78 is 11.4. The quantitative estimate of drug-likeness (QED) is 0.728. The van der Waals surface area contributed by atoms with Crippen LogP contribution in [0.5, 0.6) is 0 Å². The van der Waals surface area contributed by atoms with Crippen LogP contribution in [0.25, 0.3) is 0 Å². The average Bonchev–Trinajstić information content (AvgIpc) is 2.48. The highest BCUT2D eigenvalue weighted by Crippen LogP contribution is 2.34. The number of nitrogens with one attached hydrogen (secondary N) is 1. The van der Waals surface area contributed by atoms with Crippen LogP contribution in [0.4, 0.5) is 0 Å². The Morgan fingerprint density at radius 1 is 1.10 bits per heavy atom. The van der Waals surface area contributed by atoms with Crippen molar-refractivity contribution in [3.05, 3.63) is 0 Å². The highest BCUT2D eigenvalue weighted by molar-refractivity contribution is 4.97. The van der Waals surface area contributed by atoms with Gasteiger partial charge in [-0.3, -0.25) is 4.90 Å². The Labute approximate surface area is 124 Å². The Morgan fingerprint density at radius 2 is 1.80 bits per heavy atom. The molecule has 0 radical (unpaired) electrons. The van der Waals surface area contributed by atoms with Crippen molar-refractivity contribution in [3.8, 4) is 0 Å². The zero-order chi connectivity index (χ0) is 14.3. The number of ether oxygens (including phenoxy) is 2. The smallest absolute Gasteiger partial charge is 0.158 e. The average molecular weight is 284 g/mol. The van der Waals surface area contributed by atoms with Crippen LogP contribution in [0.1, 0.15) is 52.4 Å². The molecular formula is C16H32N2O2. The standard InChI is InChI=1S/C16H32N2O2/c1-3-19-15(20-4-2)8-12-18-13-11-17-14-16(18)9-6-5-7-10-16/h15,17H,3-14H2,1-2H3. The van der Waals surface area contributed by atoms with Gasteiger partial charge in [0.15, 0.2) is 6.29 Å². The van der Waals surface area contributed by atoms with Crippen molar-refractivity contribution in [1.29, 1.82) is 0 Å². The minimum atomic E-state index is -0.0273. The third-order valence-corrected chi connectivity index (χ3v) is 4.81. The first kappa shape index (κ1) is 16.2. The molecule has 1 spiro atoms. The fraction of sp³-hybridized carbons (Fsp3) is 1.00. The van der Waals surface area contributed by atoms with Crippen molar-refractivity contribution in [3.63, 3.8) is 0 Å². The Morgan fingerprint density at radius 3 is 2.45 bits per heavy atom. The molecule has 0 unspecified atom stereocenters. The fourth-order valence-corrected chi connectivity index (χ4v) is 3.78. The lowest BCUT2D eigenvalue weighted by Gasteiger charge is -2.50. The van der Waals surface area contributed by atoms with E-state index < -0.39 is 0 Å². The predicted molar refractivity (Wildman–Crippen MR) is 81.9 cm³/mol. The maximum absolute atomic E-state index is 5.68. The SMILES string of the molecule is CCOC(CCN1CCNCC12CCCCC2)OCC. The predicted octanol–water partition coefficient (Wildman–Crippen LogP) is 2.38. The van der Waals surface area contributed by atoms with E-state index in [1.807, 2.05) is 13.8 Å². The topological polar surface area (TPSA) is 33.7 Å². The first-order valence-corrected chi connectivity index (χ1v) is 8.50. The molecule has 1 aliphatic carbocycles. The molecule has 1 heterocycles. The normalized spacial score (nSPS) is 23.6. The minimum absolute atomic E-state index is 0.0273. The Hall–Kier alpha value is -0.160. The molecule has 0 aromatic rings. The molecule has 0 aromatic carbocycles. The molecule has 4 heteroatoms. The zero-order valence-corrected chi connectivity index (χ0v) is 13.3. The fourth-order valence-electron chi connectivity index (χ4n) is 3.78. The lowest BCUT2D eigenvalue weighted by molar-refractivity contribution is -0.145. The summed E-state index contributed by atoms with van der Waals surface area (Å²) in [5, 5.41) is 3.61. The molecule has 2 fully saturated rings. The molecule has 0 bridgehead atoms. The maximum atomic E-state index is 5.68. The van der Waals surface area contributed by atoms with Crippen LogP contribution in [0.15, 0.2) is 0 Å². The van der Waals surface area contributed by atoms with Gasteiger partial charge in [0.2, 0.25) is 0 Å². The van der Waals surface area contributed by atoms with Gasteiger partial charge in [-0.1, -0.05) is 19.3 Å². The molecule has 1 N–H and O–H groups in total. The molecule has 4 nitrogen and oxygen atoms in total.